The van der Waals surface area contributed by atoms with E-state index in [4.69, 9.17) is 0 Å². The standard InChI is InChI=1S/C12H12FNO4/c1-18-7-8(15)6-11(16)14-12(17)9-4-2-3-5-10(9)13/h2-5H,6-7H2,1H3,(H,14,16,17). The van der Waals surface area contributed by atoms with E-state index in [1.54, 1.807) is 0 Å². The SMILES string of the molecule is COCC(=O)CC(=O)NC(=O)c1ccccc1F. The first-order valence-electron chi connectivity index (χ1n) is 5.14. The molecule has 6 heteroatoms. The number of hydrogen-bond donors (Lipinski definition) is 1. The van der Waals surface area contributed by atoms with Crippen molar-refractivity contribution < 1.29 is 23.5 Å². The summed E-state index contributed by atoms with van der Waals surface area (Å²) in [5.41, 5.74) is -0.245. The highest BCUT2D eigenvalue weighted by molar-refractivity contribution is 6.09. The fourth-order valence-electron chi connectivity index (χ4n) is 1.27. The highest BCUT2D eigenvalue weighted by atomic mass is 19.1. The Hall–Kier alpha value is -2.08. The minimum absolute atomic E-state index is 0.207. The number of Topliss-reactive ketones (excluding diaryl/α,β-unsaturated/α-hetero) is 1. The molecule has 1 aromatic carbocycles. The van der Waals surface area contributed by atoms with Crippen LogP contribution in [0.15, 0.2) is 24.3 Å². The number of methoxy groups -OCH3 is 1. The maximum Gasteiger partial charge on any atom is 0.260 e. The zero-order valence-electron chi connectivity index (χ0n) is 9.73. The van der Waals surface area contributed by atoms with Crippen molar-refractivity contribution in [2.24, 2.45) is 0 Å². The van der Waals surface area contributed by atoms with Crippen molar-refractivity contribution in [1.29, 1.82) is 0 Å². The summed E-state index contributed by atoms with van der Waals surface area (Å²) in [5, 5.41) is 1.93. The van der Waals surface area contributed by atoms with E-state index in [1.807, 2.05) is 5.32 Å². The number of benzene rings is 1. The molecule has 0 radical (unpaired) electrons. The van der Waals surface area contributed by atoms with Gasteiger partial charge in [-0.2, -0.15) is 0 Å². The van der Waals surface area contributed by atoms with Crippen LogP contribution in [0.4, 0.5) is 4.39 Å². The molecule has 0 atom stereocenters. The van der Waals surface area contributed by atoms with Gasteiger partial charge in [0.1, 0.15) is 12.4 Å². The molecule has 18 heavy (non-hydrogen) atoms. The lowest BCUT2D eigenvalue weighted by molar-refractivity contribution is -0.129. The van der Waals surface area contributed by atoms with Crippen LogP contribution in [0.2, 0.25) is 0 Å². The first kappa shape index (κ1) is 14.0. The van der Waals surface area contributed by atoms with Crippen LogP contribution in [0, 0.1) is 5.82 Å². The number of ether oxygens (including phenoxy) is 1. The fraction of sp³-hybridized carbons (Fsp3) is 0.250. The molecule has 5 nitrogen and oxygen atoms in total. The second kappa shape index (κ2) is 6.61. The van der Waals surface area contributed by atoms with Crippen molar-refractivity contribution in [3.05, 3.63) is 35.6 Å². The van der Waals surface area contributed by atoms with Crippen LogP contribution in [-0.2, 0) is 14.3 Å². The number of nitrogens with one attached hydrogen (secondary N) is 1. The van der Waals surface area contributed by atoms with E-state index in [0.717, 1.165) is 6.07 Å². The van der Waals surface area contributed by atoms with E-state index in [1.165, 1.54) is 25.3 Å². The zero-order valence-corrected chi connectivity index (χ0v) is 9.73. The number of ketones is 1. The Morgan fingerprint density at radius 2 is 1.94 bits per heavy atom. The van der Waals surface area contributed by atoms with Crippen LogP contribution < -0.4 is 5.32 Å². The molecule has 1 N–H and O–H groups in total. The summed E-state index contributed by atoms with van der Waals surface area (Å²) in [5.74, 6) is -2.85. The van der Waals surface area contributed by atoms with Crippen LogP contribution >= 0.6 is 0 Å². The van der Waals surface area contributed by atoms with Gasteiger partial charge in [0.25, 0.3) is 5.91 Å². The molecule has 0 unspecified atom stereocenters. The Kier molecular flexibility index (Phi) is 5.13. The van der Waals surface area contributed by atoms with Gasteiger partial charge in [-0.05, 0) is 12.1 Å². The third kappa shape index (κ3) is 4.06. The first-order valence-corrected chi connectivity index (χ1v) is 5.14. The Bertz CT molecular complexity index is 473. The number of carbonyl (C=O) groups excluding carboxylic acids is 3. The quantitative estimate of drug-likeness (QED) is 0.783. The van der Waals surface area contributed by atoms with Crippen LogP contribution in [0.3, 0.4) is 0 Å². The van der Waals surface area contributed by atoms with E-state index >= 15 is 0 Å². The summed E-state index contributed by atoms with van der Waals surface area (Å²) in [6, 6.07) is 5.25. The van der Waals surface area contributed by atoms with Crippen LogP contribution in [0.25, 0.3) is 0 Å². The van der Waals surface area contributed by atoms with Crippen molar-refractivity contribution >= 4 is 17.6 Å². The Morgan fingerprint density at radius 3 is 2.56 bits per heavy atom. The molecular weight excluding hydrogens is 241 g/mol. The number of halogens is 1. The summed E-state index contributed by atoms with van der Waals surface area (Å²) in [4.78, 5) is 33.9. The van der Waals surface area contributed by atoms with Crippen molar-refractivity contribution in [3.63, 3.8) is 0 Å². The van der Waals surface area contributed by atoms with Crippen LogP contribution in [0.1, 0.15) is 16.8 Å². The summed E-state index contributed by atoms with van der Waals surface area (Å²) in [6.45, 7) is -0.207. The number of carbonyl (C=O) groups is 3. The second-order valence-corrected chi connectivity index (χ2v) is 3.51. The predicted molar refractivity (Wildman–Crippen MR) is 60.4 cm³/mol. The van der Waals surface area contributed by atoms with Gasteiger partial charge in [0.05, 0.1) is 12.0 Å². The third-order valence-corrected chi connectivity index (χ3v) is 2.03. The zero-order chi connectivity index (χ0) is 13.5. The monoisotopic (exact) mass is 253 g/mol. The lowest BCUT2D eigenvalue weighted by Crippen LogP contribution is -2.33. The Labute approximate surface area is 103 Å². The van der Waals surface area contributed by atoms with E-state index in [2.05, 4.69) is 4.74 Å². The van der Waals surface area contributed by atoms with Gasteiger partial charge < -0.3 is 4.74 Å². The second-order valence-electron chi connectivity index (χ2n) is 3.51. The molecule has 0 saturated carbocycles. The van der Waals surface area contributed by atoms with E-state index in [9.17, 15) is 18.8 Å². The number of rotatable bonds is 5. The lowest BCUT2D eigenvalue weighted by atomic mass is 10.2. The topological polar surface area (TPSA) is 72.5 Å². The number of amides is 2. The largest absolute Gasteiger partial charge is 0.377 e. The highest BCUT2D eigenvalue weighted by Crippen LogP contribution is 2.05. The van der Waals surface area contributed by atoms with Crippen molar-refractivity contribution in [2.45, 2.75) is 6.42 Å². The maximum atomic E-state index is 13.2. The first-order chi connectivity index (χ1) is 8.54. The molecule has 0 heterocycles. The molecule has 1 rings (SSSR count). The van der Waals surface area contributed by atoms with E-state index in [-0.39, 0.29) is 12.2 Å². The predicted octanol–water partition coefficient (Wildman–Crippen LogP) is 0.688. The van der Waals surface area contributed by atoms with Gasteiger partial charge >= 0.3 is 0 Å². The molecule has 2 amide bonds. The molecule has 0 aliphatic carbocycles. The molecule has 1 aromatic rings. The van der Waals surface area contributed by atoms with Gasteiger partial charge in [-0.15, -0.1) is 0 Å². The van der Waals surface area contributed by atoms with Gasteiger partial charge in [0.15, 0.2) is 5.78 Å². The molecule has 0 aliphatic heterocycles. The van der Waals surface area contributed by atoms with Crippen molar-refractivity contribution in [1.82, 2.24) is 5.32 Å². The maximum absolute atomic E-state index is 13.2. The molecule has 96 valence electrons. The highest BCUT2D eigenvalue weighted by Gasteiger charge is 2.16. The van der Waals surface area contributed by atoms with Crippen molar-refractivity contribution in [3.8, 4) is 0 Å². The van der Waals surface area contributed by atoms with Crippen LogP contribution in [0.5, 0.6) is 0 Å². The smallest absolute Gasteiger partial charge is 0.260 e. The molecule has 0 saturated heterocycles. The molecule has 0 bridgehead atoms. The number of hydrogen-bond acceptors (Lipinski definition) is 4. The van der Waals surface area contributed by atoms with Gasteiger partial charge in [-0.3, -0.25) is 19.7 Å². The van der Waals surface area contributed by atoms with Gasteiger partial charge in [-0.1, -0.05) is 12.1 Å². The normalized spacial score (nSPS) is 9.89. The third-order valence-electron chi connectivity index (χ3n) is 2.03. The van der Waals surface area contributed by atoms with Crippen LogP contribution in [-0.4, -0.2) is 31.3 Å². The lowest BCUT2D eigenvalue weighted by Gasteiger charge is -2.04. The summed E-state index contributed by atoms with van der Waals surface area (Å²) in [6.07, 6.45) is -0.478. The molecule has 0 aromatic heterocycles. The minimum atomic E-state index is -0.872. The van der Waals surface area contributed by atoms with Gasteiger partial charge in [-0.25, -0.2) is 4.39 Å². The van der Waals surface area contributed by atoms with Crippen molar-refractivity contribution in [2.75, 3.05) is 13.7 Å². The molecule has 0 aliphatic rings. The average molecular weight is 253 g/mol. The minimum Gasteiger partial charge on any atom is -0.377 e. The molecular formula is C12H12FNO4. The van der Waals surface area contributed by atoms with E-state index < -0.39 is 29.8 Å². The molecule has 0 fully saturated rings. The summed E-state index contributed by atoms with van der Waals surface area (Å²) >= 11 is 0. The Balaban J connectivity index is 2.58. The molecule has 0 spiro atoms. The number of imide groups is 1. The van der Waals surface area contributed by atoms with Gasteiger partial charge in [0.2, 0.25) is 5.91 Å². The summed E-state index contributed by atoms with van der Waals surface area (Å²) in [7, 11) is 1.32. The summed E-state index contributed by atoms with van der Waals surface area (Å²) < 4.78 is 17.8. The Morgan fingerprint density at radius 1 is 1.28 bits per heavy atom. The average Bonchev–Trinajstić information content (AvgIpc) is 2.29. The van der Waals surface area contributed by atoms with Gasteiger partial charge in [0, 0.05) is 7.11 Å². The van der Waals surface area contributed by atoms with E-state index in [0.29, 0.717) is 0 Å². The fourth-order valence-corrected chi connectivity index (χ4v) is 1.27.